The standard InChI is InChI=1S/C15H14BrF/c16-15-9-7-14(8-10-15)13-5-3-12(4-6-13)2-1-11-17/h3-10H,1-2,11H2. The Hall–Kier alpha value is -1.15. The third-order valence-electron chi connectivity index (χ3n) is 2.73. The summed E-state index contributed by atoms with van der Waals surface area (Å²) < 4.78 is 13.1. The Kier molecular flexibility index (Phi) is 4.32. The Morgan fingerprint density at radius 1 is 0.824 bits per heavy atom. The second-order valence-electron chi connectivity index (χ2n) is 4.00. The summed E-state index contributed by atoms with van der Waals surface area (Å²) in [5.74, 6) is 0. The van der Waals surface area contributed by atoms with Gasteiger partial charge in [-0.25, -0.2) is 0 Å². The van der Waals surface area contributed by atoms with Crippen molar-refractivity contribution in [1.29, 1.82) is 0 Å². The van der Waals surface area contributed by atoms with Gasteiger partial charge in [-0.3, -0.25) is 4.39 Å². The zero-order chi connectivity index (χ0) is 12.1. The lowest BCUT2D eigenvalue weighted by Crippen LogP contribution is -1.86. The van der Waals surface area contributed by atoms with Crippen LogP contribution in [0.2, 0.25) is 0 Å². The molecular formula is C15H14BrF. The first-order valence-corrected chi connectivity index (χ1v) is 6.50. The van der Waals surface area contributed by atoms with Crippen LogP contribution in [-0.2, 0) is 6.42 Å². The molecule has 88 valence electrons. The fourth-order valence-electron chi connectivity index (χ4n) is 1.78. The normalized spacial score (nSPS) is 10.5. The van der Waals surface area contributed by atoms with E-state index in [9.17, 15) is 4.39 Å². The van der Waals surface area contributed by atoms with Crippen LogP contribution in [-0.4, -0.2) is 6.67 Å². The quantitative estimate of drug-likeness (QED) is 0.742. The van der Waals surface area contributed by atoms with E-state index < -0.39 is 0 Å². The molecule has 0 saturated carbocycles. The number of benzene rings is 2. The molecule has 2 rings (SSSR count). The van der Waals surface area contributed by atoms with Crippen molar-refractivity contribution in [1.82, 2.24) is 0 Å². The van der Waals surface area contributed by atoms with Crippen molar-refractivity contribution >= 4 is 15.9 Å². The van der Waals surface area contributed by atoms with E-state index in [1.807, 2.05) is 12.1 Å². The molecule has 0 aliphatic carbocycles. The molecule has 0 heterocycles. The molecule has 0 saturated heterocycles. The first kappa shape index (κ1) is 12.3. The fourth-order valence-corrected chi connectivity index (χ4v) is 2.04. The number of aryl methyl sites for hydroxylation is 1. The molecule has 0 spiro atoms. The molecule has 0 aliphatic heterocycles. The van der Waals surface area contributed by atoms with E-state index in [4.69, 9.17) is 0 Å². The predicted molar refractivity (Wildman–Crippen MR) is 73.9 cm³/mol. The minimum atomic E-state index is -0.242. The Morgan fingerprint density at radius 3 is 1.88 bits per heavy atom. The van der Waals surface area contributed by atoms with Gasteiger partial charge in [0.2, 0.25) is 0 Å². The average molecular weight is 293 g/mol. The number of rotatable bonds is 4. The summed E-state index contributed by atoms with van der Waals surface area (Å²) >= 11 is 3.42. The van der Waals surface area contributed by atoms with E-state index in [0.29, 0.717) is 6.42 Å². The van der Waals surface area contributed by atoms with E-state index in [-0.39, 0.29) is 6.67 Å². The van der Waals surface area contributed by atoms with Crippen LogP contribution in [0.15, 0.2) is 53.0 Å². The monoisotopic (exact) mass is 292 g/mol. The smallest absolute Gasteiger partial charge is 0.0897 e. The van der Waals surface area contributed by atoms with Crippen molar-refractivity contribution in [2.45, 2.75) is 12.8 Å². The van der Waals surface area contributed by atoms with Gasteiger partial charge < -0.3 is 0 Å². The summed E-state index contributed by atoms with van der Waals surface area (Å²) in [6, 6.07) is 16.6. The molecule has 2 heteroatoms. The van der Waals surface area contributed by atoms with Crippen molar-refractivity contribution in [3.8, 4) is 11.1 Å². The molecule has 0 radical (unpaired) electrons. The third kappa shape index (κ3) is 3.40. The zero-order valence-electron chi connectivity index (χ0n) is 9.50. The molecule has 2 aromatic carbocycles. The van der Waals surface area contributed by atoms with Crippen LogP contribution in [0.5, 0.6) is 0 Å². The molecule has 0 aromatic heterocycles. The van der Waals surface area contributed by atoms with Crippen LogP contribution in [0.3, 0.4) is 0 Å². The van der Waals surface area contributed by atoms with Crippen LogP contribution in [0.25, 0.3) is 11.1 Å². The Labute approximate surface area is 110 Å². The number of alkyl halides is 1. The first-order valence-electron chi connectivity index (χ1n) is 5.70. The highest BCUT2D eigenvalue weighted by Crippen LogP contribution is 2.22. The minimum Gasteiger partial charge on any atom is -0.251 e. The van der Waals surface area contributed by atoms with E-state index in [1.165, 1.54) is 16.7 Å². The van der Waals surface area contributed by atoms with Gasteiger partial charge in [-0.15, -0.1) is 0 Å². The van der Waals surface area contributed by atoms with Gasteiger partial charge in [-0.1, -0.05) is 52.3 Å². The zero-order valence-corrected chi connectivity index (χ0v) is 11.1. The summed E-state index contributed by atoms with van der Waals surface area (Å²) in [6.45, 7) is -0.242. The van der Waals surface area contributed by atoms with Crippen LogP contribution in [0.4, 0.5) is 4.39 Å². The largest absolute Gasteiger partial charge is 0.251 e. The summed E-state index contributed by atoms with van der Waals surface area (Å²) in [6.07, 6.45) is 1.43. The lowest BCUT2D eigenvalue weighted by Gasteiger charge is -2.04. The maximum Gasteiger partial charge on any atom is 0.0897 e. The van der Waals surface area contributed by atoms with Gasteiger partial charge >= 0.3 is 0 Å². The van der Waals surface area contributed by atoms with Gasteiger partial charge in [0.15, 0.2) is 0 Å². The summed E-state index contributed by atoms with van der Waals surface area (Å²) in [7, 11) is 0. The number of hydrogen-bond donors (Lipinski definition) is 0. The topological polar surface area (TPSA) is 0 Å². The highest BCUT2D eigenvalue weighted by Gasteiger charge is 1.98. The van der Waals surface area contributed by atoms with E-state index in [1.54, 1.807) is 0 Å². The number of halogens is 2. The highest BCUT2D eigenvalue weighted by molar-refractivity contribution is 9.10. The van der Waals surface area contributed by atoms with Crippen molar-refractivity contribution in [3.05, 3.63) is 58.6 Å². The van der Waals surface area contributed by atoms with Gasteiger partial charge in [0, 0.05) is 4.47 Å². The lowest BCUT2D eigenvalue weighted by molar-refractivity contribution is 0.473. The Balaban J connectivity index is 2.14. The summed E-state index contributed by atoms with van der Waals surface area (Å²) in [4.78, 5) is 0. The minimum absolute atomic E-state index is 0.242. The van der Waals surface area contributed by atoms with E-state index in [2.05, 4.69) is 52.3 Å². The van der Waals surface area contributed by atoms with Crippen molar-refractivity contribution in [2.75, 3.05) is 6.67 Å². The second-order valence-corrected chi connectivity index (χ2v) is 4.91. The van der Waals surface area contributed by atoms with E-state index in [0.717, 1.165) is 10.9 Å². The summed E-state index contributed by atoms with van der Waals surface area (Å²) in [5, 5.41) is 0. The van der Waals surface area contributed by atoms with Gasteiger partial charge in [-0.05, 0) is 41.7 Å². The van der Waals surface area contributed by atoms with Gasteiger partial charge in [0.25, 0.3) is 0 Å². The molecule has 2 aromatic rings. The predicted octanol–water partition coefficient (Wildman–Crippen LogP) is 5.02. The molecule has 0 N–H and O–H groups in total. The molecule has 0 atom stereocenters. The molecule has 0 fully saturated rings. The fraction of sp³-hybridized carbons (Fsp3) is 0.200. The lowest BCUT2D eigenvalue weighted by atomic mass is 10.0. The number of hydrogen-bond acceptors (Lipinski definition) is 0. The molecule has 17 heavy (non-hydrogen) atoms. The van der Waals surface area contributed by atoms with Crippen LogP contribution >= 0.6 is 15.9 Å². The summed E-state index contributed by atoms with van der Waals surface area (Å²) in [5.41, 5.74) is 3.59. The molecule has 0 aliphatic rings. The molecule has 0 amide bonds. The van der Waals surface area contributed by atoms with Gasteiger partial charge in [0.1, 0.15) is 0 Å². The molecular weight excluding hydrogens is 279 g/mol. The molecule has 0 unspecified atom stereocenters. The molecule has 0 bridgehead atoms. The second kappa shape index (κ2) is 5.97. The van der Waals surface area contributed by atoms with Crippen LogP contribution < -0.4 is 0 Å². The SMILES string of the molecule is FCCCc1ccc(-c2ccc(Br)cc2)cc1. The van der Waals surface area contributed by atoms with Crippen molar-refractivity contribution in [3.63, 3.8) is 0 Å². The van der Waals surface area contributed by atoms with Gasteiger partial charge in [-0.2, -0.15) is 0 Å². The highest BCUT2D eigenvalue weighted by atomic mass is 79.9. The Bertz CT molecular complexity index is 459. The van der Waals surface area contributed by atoms with Crippen molar-refractivity contribution in [2.24, 2.45) is 0 Å². The average Bonchev–Trinajstić information content (AvgIpc) is 2.38. The van der Waals surface area contributed by atoms with Gasteiger partial charge in [0.05, 0.1) is 6.67 Å². The van der Waals surface area contributed by atoms with Crippen LogP contribution in [0, 0.1) is 0 Å². The molecule has 0 nitrogen and oxygen atoms in total. The van der Waals surface area contributed by atoms with Crippen molar-refractivity contribution < 1.29 is 4.39 Å². The third-order valence-corrected chi connectivity index (χ3v) is 3.26. The van der Waals surface area contributed by atoms with Crippen LogP contribution in [0.1, 0.15) is 12.0 Å². The maximum atomic E-state index is 12.1. The van der Waals surface area contributed by atoms with E-state index >= 15 is 0 Å². The first-order chi connectivity index (χ1) is 8.29. The maximum absolute atomic E-state index is 12.1. The Morgan fingerprint density at radius 2 is 1.35 bits per heavy atom.